The Balaban J connectivity index is 2.24. The lowest BCUT2D eigenvalue weighted by molar-refractivity contribution is -0.0418. The van der Waals surface area contributed by atoms with Crippen molar-refractivity contribution in [1.29, 1.82) is 0 Å². The molecular weight excluding hydrogens is 226 g/mol. The Morgan fingerprint density at radius 3 is 2.62 bits per heavy atom. The molecular formula is C11H15NO3S. The average Bonchev–Trinajstić information content (AvgIpc) is 2.84. The lowest BCUT2D eigenvalue weighted by atomic mass is 10.1. The minimum absolute atomic E-state index is 0.0242. The van der Waals surface area contributed by atoms with Gasteiger partial charge in [0, 0.05) is 5.92 Å². The van der Waals surface area contributed by atoms with Gasteiger partial charge in [0.15, 0.2) is 17.1 Å². The molecule has 0 radical (unpaired) electrons. The minimum Gasteiger partial charge on any atom is -0.345 e. The number of aromatic nitrogens is 1. The van der Waals surface area contributed by atoms with Crippen molar-refractivity contribution >= 4 is 17.1 Å². The molecule has 0 atom stereocenters. The second-order valence-electron chi connectivity index (χ2n) is 4.06. The standard InChI is InChI=1S/C11H15NO3S/c1-6(2)8(13)10-12-7(3)9(16-10)11-14-4-5-15-11/h6,11H,4-5H2,1-3H3. The van der Waals surface area contributed by atoms with Crippen molar-refractivity contribution in [1.82, 2.24) is 4.98 Å². The quantitative estimate of drug-likeness (QED) is 0.762. The van der Waals surface area contributed by atoms with E-state index in [2.05, 4.69) is 4.98 Å². The SMILES string of the molecule is Cc1nc(C(=O)C(C)C)sc1C1OCCO1. The Labute approximate surface area is 98.6 Å². The number of rotatable bonds is 3. The Morgan fingerprint density at radius 2 is 2.06 bits per heavy atom. The Morgan fingerprint density at radius 1 is 1.44 bits per heavy atom. The van der Waals surface area contributed by atoms with Crippen LogP contribution in [-0.2, 0) is 9.47 Å². The molecule has 1 aromatic heterocycles. The summed E-state index contributed by atoms with van der Waals surface area (Å²) >= 11 is 1.38. The zero-order valence-electron chi connectivity index (χ0n) is 9.65. The molecule has 88 valence electrons. The summed E-state index contributed by atoms with van der Waals surface area (Å²) in [6.07, 6.45) is -0.328. The van der Waals surface area contributed by atoms with Gasteiger partial charge in [0.05, 0.1) is 23.8 Å². The molecule has 1 saturated heterocycles. The highest BCUT2D eigenvalue weighted by molar-refractivity contribution is 7.13. The van der Waals surface area contributed by atoms with E-state index < -0.39 is 0 Å². The van der Waals surface area contributed by atoms with Crippen molar-refractivity contribution in [3.05, 3.63) is 15.6 Å². The first-order chi connectivity index (χ1) is 7.59. The van der Waals surface area contributed by atoms with Crippen LogP contribution in [0.3, 0.4) is 0 Å². The molecule has 5 heteroatoms. The van der Waals surface area contributed by atoms with Crippen LogP contribution in [0.25, 0.3) is 0 Å². The van der Waals surface area contributed by atoms with Crippen LogP contribution in [-0.4, -0.2) is 24.0 Å². The summed E-state index contributed by atoms with van der Waals surface area (Å²) in [7, 11) is 0. The highest BCUT2D eigenvalue weighted by Crippen LogP contribution is 2.31. The first kappa shape index (κ1) is 11.7. The average molecular weight is 241 g/mol. The Hall–Kier alpha value is -0.780. The number of carbonyl (C=O) groups is 1. The van der Waals surface area contributed by atoms with E-state index in [-0.39, 0.29) is 18.0 Å². The number of hydrogen-bond donors (Lipinski definition) is 0. The van der Waals surface area contributed by atoms with E-state index in [1.165, 1.54) is 11.3 Å². The van der Waals surface area contributed by atoms with Crippen molar-refractivity contribution in [2.45, 2.75) is 27.1 Å². The van der Waals surface area contributed by atoms with Gasteiger partial charge < -0.3 is 9.47 Å². The van der Waals surface area contributed by atoms with E-state index in [9.17, 15) is 4.79 Å². The van der Waals surface area contributed by atoms with Crippen LogP contribution in [0.5, 0.6) is 0 Å². The van der Waals surface area contributed by atoms with Crippen molar-refractivity contribution < 1.29 is 14.3 Å². The number of ether oxygens (including phenoxy) is 2. The zero-order valence-corrected chi connectivity index (χ0v) is 10.5. The summed E-state index contributed by atoms with van der Waals surface area (Å²) in [5, 5.41) is 0.557. The predicted octanol–water partition coefficient (Wildman–Crippen LogP) is 2.34. The summed E-state index contributed by atoms with van der Waals surface area (Å²) in [5.74, 6) is 0.0566. The maximum absolute atomic E-state index is 11.8. The molecule has 16 heavy (non-hydrogen) atoms. The molecule has 0 amide bonds. The molecule has 2 heterocycles. The number of aryl methyl sites for hydroxylation is 1. The third kappa shape index (κ3) is 2.16. The van der Waals surface area contributed by atoms with Crippen LogP contribution in [0.15, 0.2) is 0 Å². The molecule has 4 nitrogen and oxygen atoms in total. The second-order valence-corrected chi connectivity index (χ2v) is 5.09. The number of nitrogens with zero attached hydrogens (tertiary/aromatic N) is 1. The van der Waals surface area contributed by atoms with Gasteiger partial charge in [0.1, 0.15) is 0 Å². The molecule has 0 N–H and O–H groups in total. The second kappa shape index (κ2) is 4.61. The number of hydrogen-bond acceptors (Lipinski definition) is 5. The van der Waals surface area contributed by atoms with Crippen molar-refractivity contribution in [3.63, 3.8) is 0 Å². The molecule has 0 saturated carbocycles. The molecule has 1 aliphatic heterocycles. The van der Waals surface area contributed by atoms with E-state index in [1.54, 1.807) is 0 Å². The van der Waals surface area contributed by atoms with Crippen LogP contribution in [0.1, 0.15) is 40.5 Å². The van der Waals surface area contributed by atoms with Crippen LogP contribution in [0, 0.1) is 12.8 Å². The van der Waals surface area contributed by atoms with Gasteiger partial charge in [-0.2, -0.15) is 0 Å². The maximum Gasteiger partial charge on any atom is 0.195 e. The number of thiazole rings is 1. The highest BCUT2D eigenvalue weighted by atomic mass is 32.1. The van der Waals surface area contributed by atoms with Gasteiger partial charge in [-0.3, -0.25) is 4.79 Å². The molecule has 2 rings (SSSR count). The minimum atomic E-state index is -0.328. The largest absolute Gasteiger partial charge is 0.345 e. The lowest BCUT2D eigenvalue weighted by Gasteiger charge is -2.05. The fourth-order valence-electron chi connectivity index (χ4n) is 1.49. The molecule has 0 unspecified atom stereocenters. The monoisotopic (exact) mass is 241 g/mol. The summed E-state index contributed by atoms with van der Waals surface area (Å²) in [6.45, 7) is 6.85. The third-order valence-electron chi connectivity index (χ3n) is 2.40. The first-order valence-corrected chi connectivity index (χ1v) is 6.16. The van der Waals surface area contributed by atoms with Crippen molar-refractivity contribution in [2.75, 3.05) is 13.2 Å². The molecule has 1 fully saturated rings. The molecule has 1 aromatic rings. The maximum atomic E-state index is 11.8. The molecule has 1 aliphatic rings. The lowest BCUT2D eigenvalue weighted by Crippen LogP contribution is -2.06. The number of Topliss-reactive ketones (excluding diaryl/α,β-unsaturated/α-hetero) is 1. The highest BCUT2D eigenvalue weighted by Gasteiger charge is 2.26. The van der Waals surface area contributed by atoms with Crippen LogP contribution in [0.2, 0.25) is 0 Å². The van der Waals surface area contributed by atoms with E-state index in [0.29, 0.717) is 18.2 Å². The van der Waals surface area contributed by atoms with Gasteiger partial charge in [0.25, 0.3) is 0 Å². The van der Waals surface area contributed by atoms with Crippen LogP contribution >= 0.6 is 11.3 Å². The van der Waals surface area contributed by atoms with E-state index in [4.69, 9.17) is 9.47 Å². The Kier molecular flexibility index (Phi) is 3.37. The predicted molar refractivity (Wildman–Crippen MR) is 60.7 cm³/mol. The van der Waals surface area contributed by atoms with Gasteiger partial charge in [0.2, 0.25) is 0 Å². The number of ketones is 1. The molecule has 0 bridgehead atoms. The van der Waals surface area contributed by atoms with Crippen LogP contribution < -0.4 is 0 Å². The van der Waals surface area contributed by atoms with Crippen molar-refractivity contribution in [2.24, 2.45) is 5.92 Å². The van der Waals surface area contributed by atoms with E-state index in [1.807, 2.05) is 20.8 Å². The van der Waals surface area contributed by atoms with Gasteiger partial charge in [-0.25, -0.2) is 4.98 Å². The van der Waals surface area contributed by atoms with Crippen LogP contribution in [0.4, 0.5) is 0 Å². The first-order valence-electron chi connectivity index (χ1n) is 5.34. The van der Waals surface area contributed by atoms with Gasteiger partial charge in [-0.15, -0.1) is 11.3 Å². The topological polar surface area (TPSA) is 48.4 Å². The molecule has 0 aliphatic carbocycles. The third-order valence-corrected chi connectivity index (χ3v) is 3.60. The number of carbonyl (C=O) groups excluding carboxylic acids is 1. The molecule has 0 spiro atoms. The fraction of sp³-hybridized carbons (Fsp3) is 0.636. The summed E-state index contributed by atoms with van der Waals surface area (Å²) < 4.78 is 10.8. The summed E-state index contributed by atoms with van der Waals surface area (Å²) in [6, 6.07) is 0. The summed E-state index contributed by atoms with van der Waals surface area (Å²) in [5.41, 5.74) is 0.834. The van der Waals surface area contributed by atoms with Gasteiger partial charge in [-0.05, 0) is 6.92 Å². The zero-order chi connectivity index (χ0) is 11.7. The van der Waals surface area contributed by atoms with E-state index in [0.717, 1.165) is 10.6 Å². The summed E-state index contributed by atoms with van der Waals surface area (Å²) in [4.78, 5) is 17.0. The van der Waals surface area contributed by atoms with E-state index >= 15 is 0 Å². The van der Waals surface area contributed by atoms with Gasteiger partial charge >= 0.3 is 0 Å². The molecule has 0 aromatic carbocycles. The van der Waals surface area contributed by atoms with Gasteiger partial charge in [-0.1, -0.05) is 13.8 Å². The normalized spacial score (nSPS) is 17.2. The fourth-order valence-corrected chi connectivity index (χ4v) is 2.64. The van der Waals surface area contributed by atoms with Crippen molar-refractivity contribution in [3.8, 4) is 0 Å². The Bertz CT molecular complexity index is 394. The smallest absolute Gasteiger partial charge is 0.195 e.